The second kappa shape index (κ2) is 8.64. The van der Waals surface area contributed by atoms with Gasteiger partial charge < -0.3 is 20.9 Å². The molecule has 2 amide bonds. The lowest BCUT2D eigenvalue weighted by Crippen LogP contribution is -2.47. The number of aryl methyl sites for hydroxylation is 1. The number of nitrogens with two attached hydrogens (primary N) is 1. The van der Waals surface area contributed by atoms with Gasteiger partial charge in [-0.05, 0) is 38.4 Å². The molecule has 0 aliphatic carbocycles. The van der Waals surface area contributed by atoms with Gasteiger partial charge in [-0.25, -0.2) is 0 Å². The van der Waals surface area contributed by atoms with Crippen LogP contribution in [0, 0.1) is 5.92 Å². The highest BCUT2D eigenvalue weighted by Crippen LogP contribution is 2.24. The van der Waals surface area contributed by atoms with Crippen LogP contribution in [-0.4, -0.2) is 71.2 Å². The van der Waals surface area contributed by atoms with Crippen molar-refractivity contribution < 1.29 is 9.59 Å². The number of aromatic nitrogens is 2. The maximum absolute atomic E-state index is 13.0. The number of likely N-dealkylation sites (N-methyl/N-ethyl adjacent to an activating group) is 1. The molecule has 9 heteroatoms. The van der Waals surface area contributed by atoms with E-state index < -0.39 is 0 Å². The summed E-state index contributed by atoms with van der Waals surface area (Å²) in [5.74, 6) is 0.199. The van der Waals surface area contributed by atoms with Crippen LogP contribution in [0.3, 0.4) is 0 Å². The molecule has 156 valence electrons. The third kappa shape index (κ3) is 4.52. The lowest BCUT2D eigenvalue weighted by molar-refractivity contribution is 0.0662. The Labute approximate surface area is 174 Å². The third-order valence-corrected chi connectivity index (χ3v) is 6.81. The molecule has 8 nitrogen and oxygen atoms in total. The van der Waals surface area contributed by atoms with E-state index in [1.165, 1.54) is 0 Å². The molecule has 0 radical (unpaired) electrons. The van der Waals surface area contributed by atoms with E-state index in [1.807, 2.05) is 15.6 Å². The highest BCUT2D eigenvalue weighted by atomic mass is 32.1. The number of carbonyl (C=O) groups excluding carboxylic acids is 2. The summed E-state index contributed by atoms with van der Waals surface area (Å²) >= 11 is 1.55. The van der Waals surface area contributed by atoms with Crippen LogP contribution in [0.1, 0.15) is 37.7 Å². The van der Waals surface area contributed by atoms with E-state index in [0.29, 0.717) is 11.5 Å². The van der Waals surface area contributed by atoms with Gasteiger partial charge in [-0.15, -0.1) is 11.3 Å². The minimum Gasteiger partial charge on any atom is -0.366 e. The highest BCUT2D eigenvalue weighted by molar-refractivity contribution is 7.10. The number of hydrogen-bond donors (Lipinski definition) is 2. The summed E-state index contributed by atoms with van der Waals surface area (Å²) in [5.41, 5.74) is 7.72. The van der Waals surface area contributed by atoms with Crippen LogP contribution in [0.4, 0.5) is 0 Å². The standard InChI is InChI=1S/C20H28N6O2S/c1-24-4-6-25(7-5-24)20(28)17-12-23-26-3-2-14(8-18(17)26)10-22-11-16-9-15(13-29-16)19(21)27/h9,12-14,22H,2-8,10-11H2,1H3,(H2,21,27)/t14-/m0/s1. The maximum Gasteiger partial charge on any atom is 0.257 e. The van der Waals surface area contributed by atoms with E-state index in [2.05, 4.69) is 22.4 Å². The third-order valence-electron chi connectivity index (χ3n) is 5.87. The van der Waals surface area contributed by atoms with Crippen molar-refractivity contribution in [1.29, 1.82) is 0 Å². The number of thiophene rings is 1. The Morgan fingerprint density at radius 3 is 2.79 bits per heavy atom. The molecule has 2 aromatic rings. The van der Waals surface area contributed by atoms with Gasteiger partial charge in [0.1, 0.15) is 0 Å². The van der Waals surface area contributed by atoms with Crippen LogP contribution in [0.15, 0.2) is 17.6 Å². The first-order chi connectivity index (χ1) is 14.0. The quantitative estimate of drug-likeness (QED) is 0.726. The van der Waals surface area contributed by atoms with Crippen LogP contribution in [0.5, 0.6) is 0 Å². The Bertz CT molecular complexity index is 883. The number of primary amides is 1. The Morgan fingerprint density at radius 1 is 1.28 bits per heavy atom. The second-order valence-electron chi connectivity index (χ2n) is 7.98. The number of hydrogen-bond acceptors (Lipinski definition) is 6. The van der Waals surface area contributed by atoms with Crippen molar-refractivity contribution >= 4 is 23.2 Å². The lowest BCUT2D eigenvalue weighted by Gasteiger charge is -2.32. The van der Waals surface area contributed by atoms with Gasteiger partial charge in [-0.2, -0.15) is 5.10 Å². The number of nitrogens with one attached hydrogen (secondary N) is 1. The minimum atomic E-state index is -0.384. The summed E-state index contributed by atoms with van der Waals surface area (Å²) in [6, 6.07) is 1.85. The number of piperazine rings is 1. The van der Waals surface area contributed by atoms with Crippen LogP contribution >= 0.6 is 11.3 Å². The molecule has 29 heavy (non-hydrogen) atoms. The Morgan fingerprint density at radius 2 is 2.07 bits per heavy atom. The molecule has 0 unspecified atom stereocenters. The molecule has 0 saturated carbocycles. The van der Waals surface area contributed by atoms with Gasteiger partial charge in [0.25, 0.3) is 5.91 Å². The summed E-state index contributed by atoms with van der Waals surface area (Å²) in [6.07, 6.45) is 3.66. The zero-order valence-electron chi connectivity index (χ0n) is 16.8. The largest absolute Gasteiger partial charge is 0.366 e. The van der Waals surface area contributed by atoms with Gasteiger partial charge in [0, 0.05) is 49.5 Å². The number of rotatable bonds is 6. The number of fused-ring (bicyclic) bond motifs is 1. The molecule has 0 aromatic carbocycles. The first kappa shape index (κ1) is 20.1. The smallest absolute Gasteiger partial charge is 0.257 e. The molecule has 1 saturated heterocycles. The van der Waals surface area contributed by atoms with Gasteiger partial charge in [-0.1, -0.05) is 0 Å². The van der Waals surface area contributed by atoms with E-state index in [4.69, 9.17) is 5.73 Å². The molecule has 2 aromatic heterocycles. The molecule has 2 aliphatic rings. The van der Waals surface area contributed by atoms with Crippen molar-refractivity contribution in [2.45, 2.75) is 25.9 Å². The van der Waals surface area contributed by atoms with E-state index in [1.54, 1.807) is 22.9 Å². The summed E-state index contributed by atoms with van der Waals surface area (Å²) in [7, 11) is 2.09. The highest BCUT2D eigenvalue weighted by Gasteiger charge is 2.28. The molecule has 3 N–H and O–H groups in total. The molecule has 4 heterocycles. The van der Waals surface area contributed by atoms with Gasteiger partial charge >= 0.3 is 0 Å². The van der Waals surface area contributed by atoms with Gasteiger partial charge in [-0.3, -0.25) is 14.3 Å². The van der Waals surface area contributed by atoms with Gasteiger partial charge in [0.15, 0.2) is 0 Å². The van der Waals surface area contributed by atoms with Crippen molar-refractivity contribution in [1.82, 2.24) is 24.9 Å². The first-order valence-electron chi connectivity index (χ1n) is 10.1. The fraction of sp³-hybridized carbons (Fsp3) is 0.550. The fourth-order valence-corrected chi connectivity index (χ4v) is 4.88. The van der Waals surface area contributed by atoms with Crippen LogP contribution in [-0.2, 0) is 19.5 Å². The second-order valence-corrected chi connectivity index (χ2v) is 8.98. The predicted octanol–water partition coefficient (Wildman–Crippen LogP) is 0.783. The zero-order valence-corrected chi connectivity index (χ0v) is 17.6. The van der Waals surface area contributed by atoms with Crippen LogP contribution in [0.25, 0.3) is 0 Å². The molecule has 0 spiro atoms. The topological polar surface area (TPSA) is 96.5 Å². The van der Waals surface area contributed by atoms with E-state index in [9.17, 15) is 9.59 Å². The lowest BCUT2D eigenvalue weighted by atomic mass is 9.94. The average Bonchev–Trinajstić information content (AvgIpc) is 3.35. The molecular weight excluding hydrogens is 388 g/mol. The maximum atomic E-state index is 13.0. The molecule has 1 atom stereocenters. The number of nitrogens with zero attached hydrogens (tertiary/aromatic N) is 4. The van der Waals surface area contributed by atoms with Crippen molar-refractivity contribution in [3.05, 3.63) is 39.3 Å². The van der Waals surface area contributed by atoms with Gasteiger partial charge in [0.05, 0.1) is 23.0 Å². The van der Waals surface area contributed by atoms with Crippen molar-refractivity contribution in [3.8, 4) is 0 Å². The predicted molar refractivity (Wildman–Crippen MR) is 112 cm³/mol. The molecule has 1 fully saturated rings. The average molecular weight is 417 g/mol. The Hall–Kier alpha value is -2.23. The Kier molecular flexibility index (Phi) is 5.98. The first-order valence-corrected chi connectivity index (χ1v) is 11.0. The van der Waals surface area contributed by atoms with E-state index >= 15 is 0 Å². The van der Waals surface area contributed by atoms with Crippen LogP contribution in [0.2, 0.25) is 0 Å². The van der Waals surface area contributed by atoms with E-state index in [0.717, 1.165) is 74.8 Å². The summed E-state index contributed by atoms with van der Waals surface area (Å²) < 4.78 is 2.00. The van der Waals surface area contributed by atoms with Crippen molar-refractivity contribution in [2.75, 3.05) is 39.8 Å². The zero-order chi connectivity index (χ0) is 20.4. The summed E-state index contributed by atoms with van der Waals surface area (Å²) in [4.78, 5) is 29.5. The number of carbonyl (C=O) groups is 2. The fourth-order valence-electron chi connectivity index (χ4n) is 4.03. The molecular formula is C20H28N6O2S. The van der Waals surface area contributed by atoms with Gasteiger partial charge in [0.2, 0.25) is 5.91 Å². The molecule has 0 bridgehead atoms. The van der Waals surface area contributed by atoms with E-state index in [-0.39, 0.29) is 11.8 Å². The normalized spacial score (nSPS) is 19.9. The van der Waals surface area contributed by atoms with Crippen molar-refractivity contribution in [2.24, 2.45) is 11.7 Å². The summed E-state index contributed by atoms with van der Waals surface area (Å²) in [5, 5.41) is 9.76. The molecule has 4 rings (SSSR count). The molecule has 2 aliphatic heterocycles. The van der Waals surface area contributed by atoms with Crippen molar-refractivity contribution in [3.63, 3.8) is 0 Å². The minimum absolute atomic E-state index is 0.116. The van der Waals surface area contributed by atoms with Crippen LogP contribution < -0.4 is 11.1 Å². The monoisotopic (exact) mass is 416 g/mol. The SMILES string of the molecule is CN1CCN(C(=O)c2cnn3c2C[C@@H](CNCc2cc(C(N)=O)cs2)CC3)CC1. The summed E-state index contributed by atoms with van der Waals surface area (Å²) in [6.45, 7) is 5.84. The number of amides is 2. The Balaban J connectivity index is 1.33.